The Kier molecular flexibility index (Phi) is 8.13. The molecule has 32 heavy (non-hydrogen) atoms. The molecule has 6 nitrogen and oxygen atoms in total. The third kappa shape index (κ3) is 7.04. The average Bonchev–Trinajstić information content (AvgIpc) is 3.22. The van der Waals surface area contributed by atoms with Crippen LogP contribution in [0.25, 0.3) is 0 Å². The van der Waals surface area contributed by atoms with E-state index in [9.17, 15) is 13.2 Å². The third-order valence-corrected chi connectivity index (χ3v) is 4.42. The minimum Gasteiger partial charge on any atom is -0.491 e. The van der Waals surface area contributed by atoms with Gasteiger partial charge in [-0.1, -0.05) is 12.1 Å². The lowest BCUT2D eigenvalue weighted by atomic mass is 10.1. The molecular weight excluding hydrogens is 419 g/mol. The van der Waals surface area contributed by atoms with E-state index in [0.29, 0.717) is 18.9 Å². The zero-order valence-corrected chi connectivity index (χ0v) is 17.9. The van der Waals surface area contributed by atoms with Gasteiger partial charge in [-0.05, 0) is 62.2 Å². The quantitative estimate of drug-likeness (QED) is 0.359. The Morgan fingerprint density at radius 3 is 2.62 bits per heavy atom. The molecule has 1 heterocycles. The summed E-state index contributed by atoms with van der Waals surface area (Å²) in [5.74, 6) is 0.980. The zero-order chi connectivity index (χ0) is 22.9. The van der Waals surface area contributed by atoms with Crippen molar-refractivity contribution in [3.8, 4) is 5.75 Å². The molecule has 0 bridgehead atoms. The molecule has 170 valence electrons. The maximum absolute atomic E-state index is 13.4. The number of nitrogens with one attached hydrogen (secondary N) is 2. The molecule has 0 spiro atoms. The SMILES string of the molecule is CC(C)Oc1ccc(NC(=NCc2nccn2C(F)F)NCCc2cccc(F)c2)cc1. The number of aromatic nitrogens is 2. The van der Waals surface area contributed by atoms with Crippen LogP contribution in [0.3, 0.4) is 0 Å². The first-order valence-electron chi connectivity index (χ1n) is 10.3. The van der Waals surface area contributed by atoms with Gasteiger partial charge in [-0.15, -0.1) is 0 Å². The van der Waals surface area contributed by atoms with Crippen molar-refractivity contribution in [3.63, 3.8) is 0 Å². The van der Waals surface area contributed by atoms with Crippen LogP contribution < -0.4 is 15.4 Å². The Balaban J connectivity index is 1.70. The zero-order valence-electron chi connectivity index (χ0n) is 17.9. The molecule has 0 saturated heterocycles. The summed E-state index contributed by atoms with van der Waals surface area (Å²) >= 11 is 0. The number of imidazole rings is 1. The van der Waals surface area contributed by atoms with Gasteiger partial charge in [0.1, 0.15) is 23.9 Å². The van der Waals surface area contributed by atoms with Crippen molar-refractivity contribution in [2.45, 2.75) is 39.5 Å². The molecule has 0 aliphatic rings. The average molecular weight is 445 g/mol. The monoisotopic (exact) mass is 445 g/mol. The van der Waals surface area contributed by atoms with Crippen LogP contribution in [0.4, 0.5) is 18.9 Å². The third-order valence-electron chi connectivity index (χ3n) is 4.42. The molecule has 0 atom stereocenters. The molecule has 0 unspecified atom stereocenters. The lowest BCUT2D eigenvalue weighted by Crippen LogP contribution is -2.32. The number of nitrogens with zero attached hydrogens (tertiary/aromatic N) is 3. The largest absolute Gasteiger partial charge is 0.491 e. The first-order chi connectivity index (χ1) is 15.4. The van der Waals surface area contributed by atoms with Gasteiger partial charge in [0.25, 0.3) is 0 Å². The molecule has 9 heteroatoms. The Labute approximate surface area is 185 Å². The minimum atomic E-state index is -2.69. The molecule has 0 aliphatic heterocycles. The molecule has 2 N–H and O–H groups in total. The lowest BCUT2D eigenvalue weighted by Gasteiger charge is -2.14. The number of guanidine groups is 1. The van der Waals surface area contributed by atoms with E-state index in [2.05, 4.69) is 20.6 Å². The molecule has 0 fully saturated rings. The Morgan fingerprint density at radius 2 is 1.94 bits per heavy atom. The predicted molar refractivity (Wildman–Crippen MR) is 119 cm³/mol. The molecule has 3 aromatic rings. The van der Waals surface area contributed by atoms with Crippen molar-refractivity contribution in [3.05, 3.63) is 78.1 Å². The van der Waals surface area contributed by atoms with Crippen molar-refractivity contribution in [1.29, 1.82) is 0 Å². The summed E-state index contributed by atoms with van der Waals surface area (Å²) in [6.45, 7) is 1.63. The first kappa shape index (κ1) is 23.2. The van der Waals surface area contributed by atoms with Crippen LogP contribution in [0.2, 0.25) is 0 Å². The van der Waals surface area contributed by atoms with Crippen LogP contribution in [0.5, 0.6) is 5.75 Å². The highest BCUT2D eigenvalue weighted by molar-refractivity contribution is 5.93. The van der Waals surface area contributed by atoms with Crippen LogP contribution in [0, 0.1) is 5.82 Å². The van der Waals surface area contributed by atoms with E-state index in [0.717, 1.165) is 21.6 Å². The Hall–Kier alpha value is -3.49. The fourth-order valence-electron chi connectivity index (χ4n) is 2.98. The van der Waals surface area contributed by atoms with Gasteiger partial charge in [-0.25, -0.2) is 14.4 Å². The molecule has 2 aromatic carbocycles. The standard InChI is InChI=1S/C23H26F3N5O/c1-16(2)32-20-8-6-19(7-9-20)30-23(28-11-10-17-4-3-5-18(24)14-17)29-15-21-27-12-13-31(21)22(25)26/h3-9,12-14,16,22H,10-11,15H2,1-2H3,(H2,28,29,30). The second-order valence-corrected chi connectivity index (χ2v) is 7.32. The Bertz CT molecular complexity index is 1020. The van der Waals surface area contributed by atoms with Crippen LogP contribution in [0.1, 0.15) is 31.8 Å². The van der Waals surface area contributed by atoms with E-state index < -0.39 is 6.55 Å². The maximum Gasteiger partial charge on any atom is 0.319 e. The fourth-order valence-corrected chi connectivity index (χ4v) is 2.98. The number of ether oxygens (including phenoxy) is 1. The highest BCUT2D eigenvalue weighted by Gasteiger charge is 2.11. The molecule has 0 saturated carbocycles. The van der Waals surface area contributed by atoms with Crippen LogP contribution in [-0.4, -0.2) is 28.2 Å². The van der Waals surface area contributed by atoms with Gasteiger partial charge in [0.05, 0.1) is 6.10 Å². The van der Waals surface area contributed by atoms with Crippen molar-refractivity contribution in [1.82, 2.24) is 14.9 Å². The van der Waals surface area contributed by atoms with Gasteiger partial charge in [0.15, 0.2) is 5.96 Å². The number of hydrogen-bond donors (Lipinski definition) is 2. The normalized spacial score (nSPS) is 11.8. The minimum absolute atomic E-state index is 0.0405. The molecule has 1 aromatic heterocycles. The van der Waals surface area contributed by atoms with Gasteiger partial charge < -0.3 is 15.4 Å². The van der Waals surface area contributed by atoms with Gasteiger partial charge in [0, 0.05) is 24.6 Å². The summed E-state index contributed by atoms with van der Waals surface area (Å²) in [7, 11) is 0. The van der Waals surface area contributed by atoms with E-state index in [1.54, 1.807) is 6.07 Å². The molecule has 0 aliphatic carbocycles. The second-order valence-electron chi connectivity index (χ2n) is 7.32. The van der Waals surface area contributed by atoms with Crippen molar-refractivity contribution in [2.24, 2.45) is 4.99 Å². The fraction of sp³-hybridized carbons (Fsp3) is 0.304. The predicted octanol–water partition coefficient (Wildman–Crippen LogP) is 5.00. The second kappa shape index (κ2) is 11.2. The van der Waals surface area contributed by atoms with E-state index in [1.807, 2.05) is 44.2 Å². The molecule has 0 radical (unpaired) electrons. The molecular formula is C23H26F3N5O. The number of anilines is 1. The van der Waals surface area contributed by atoms with Crippen molar-refractivity contribution < 1.29 is 17.9 Å². The van der Waals surface area contributed by atoms with Gasteiger partial charge in [-0.3, -0.25) is 4.57 Å². The highest BCUT2D eigenvalue weighted by atomic mass is 19.3. The summed E-state index contributed by atoms with van der Waals surface area (Å²) in [5.41, 5.74) is 1.58. The molecule has 0 amide bonds. The summed E-state index contributed by atoms with van der Waals surface area (Å²) in [5, 5.41) is 6.31. The number of halogens is 3. The number of rotatable bonds is 9. The van der Waals surface area contributed by atoms with Crippen molar-refractivity contribution in [2.75, 3.05) is 11.9 Å². The smallest absolute Gasteiger partial charge is 0.319 e. The van der Waals surface area contributed by atoms with Crippen molar-refractivity contribution >= 4 is 11.6 Å². The topological polar surface area (TPSA) is 63.5 Å². The number of aliphatic imine (C=N–C) groups is 1. The van der Waals surface area contributed by atoms with Gasteiger partial charge in [0.2, 0.25) is 0 Å². The van der Waals surface area contributed by atoms with Gasteiger partial charge in [-0.2, -0.15) is 8.78 Å². The highest BCUT2D eigenvalue weighted by Crippen LogP contribution is 2.17. The summed E-state index contributed by atoms with van der Waals surface area (Å²) in [6, 6.07) is 13.7. The van der Waals surface area contributed by atoms with E-state index >= 15 is 0 Å². The van der Waals surface area contributed by atoms with E-state index in [1.165, 1.54) is 24.5 Å². The van der Waals surface area contributed by atoms with Gasteiger partial charge >= 0.3 is 6.55 Å². The first-order valence-corrected chi connectivity index (χ1v) is 10.3. The number of benzene rings is 2. The maximum atomic E-state index is 13.4. The van der Waals surface area contributed by atoms with Crippen LogP contribution in [0.15, 0.2) is 65.9 Å². The Morgan fingerprint density at radius 1 is 1.16 bits per heavy atom. The van der Waals surface area contributed by atoms with E-state index in [-0.39, 0.29) is 24.3 Å². The summed E-state index contributed by atoms with van der Waals surface area (Å²) in [4.78, 5) is 8.35. The van der Waals surface area contributed by atoms with E-state index in [4.69, 9.17) is 4.74 Å². The van der Waals surface area contributed by atoms with Crippen LogP contribution >= 0.6 is 0 Å². The summed E-state index contributed by atoms with van der Waals surface area (Å²) in [6.07, 6.45) is 3.15. The molecule has 3 rings (SSSR count). The lowest BCUT2D eigenvalue weighted by molar-refractivity contribution is 0.0671. The van der Waals surface area contributed by atoms with Crippen LogP contribution in [-0.2, 0) is 13.0 Å². The number of alkyl halides is 2. The number of hydrogen-bond acceptors (Lipinski definition) is 3. The summed E-state index contributed by atoms with van der Waals surface area (Å²) < 4.78 is 46.0.